The highest BCUT2D eigenvalue weighted by Gasteiger charge is 2.47. The molecule has 2 fully saturated rings. The van der Waals surface area contributed by atoms with Crippen LogP contribution in [0.25, 0.3) is 0 Å². The second-order valence-corrected chi connectivity index (χ2v) is 10.9. The van der Waals surface area contributed by atoms with Crippen molar-refractivity contribution in [2.24, 2.45) is 11.8 Å². The molecule has 4 atom stereocenters. The summed E-state index contributed by atoms with van der Waals surface area (Å²) < 4.78 is 31.3. The molecule has 0 unspecified atom stereocenters. The number of carboxylic acid groups (broad SMARTS) is 1. The van der Waals surface area contributed by atoms with Crippen LogP contribution in [0.15, 0.2) is 42.5 Å². The Morgan fingerprint density at radius 2 is 1.77 bits per heavy atom. The van der Waals surface area contributed by atoms with Gasteiger partial charge in [-0.15, -0.1) is 0 Å². The molecule has 2 aliphatic heterocycles. The molecule has 30 heavy (non-hydrogen) atoms. The number of carboxylic acids is 1. The van der Waals surface area contributed by atoms with Gasteiger partial charge in [0.25, 0.3) is 0 Å². The van der Waals surface area contributed by atoms with Crippen LogP contribution >= 0.6 is 0 Å². The van der Waals surface area contributed by atoms with Gasteiger partial charge in [-0.2, -0.15) is 0 Å². The molecular weight excluding hydrogens is 400 g/mol. The van der Waals surface area contributed by atoms with E-state index in [0.717, 1.165) is 32.1 Å². The fourth-order valence-corrected chi connectivity index (χ4v) is 6.32. The van der Waals surface area contributed by atoms with Gasteiger partial charge in [0, 0.05) is 6.42 Å². The number of aryl methyl sites for hydroxylation is 1. The first-order valence-electron chi connectivity index (χ1n) is 11.2. The largest absolute Gasteiger partial charge is 0.481 e. The van der Waals surface area contributed by atoms with Crippen molar-refractivity contribution >= 4 is 15.8 Å². The lowest BCUT2D eigenvalue weighted by atomic mass is 9.76. The predicted octanol–water partition coefficient (Wildman–Crippen LogP) is 4.42. The maximum atomic E-state index is 12.6. The SMILES string of the molecule is O=C(O)CCC/C=C\C[C@@H]1[C@H](CCS(=O)(=O)CCCc2ccccc2)[C@@H]2CC[C@H]1O2. The quantitative estimate of drug-likeness (QED) is 0.367. The predicted molar refractivity (Wildman–Crippen MR) is 118 cm³/mol. The summed E-state index contributed by atoms with van der Waals surface area (Å²) in [6, 6.07) is 10.0. The second-order valence-electron chi connectivity index (χ2n) is 8.64. The number of sulfone groups is 1. The van der Waals surface area contributed by atoms with Gasteiger partial charge < -0.3 is 9.84 Å². The van der Waals surface area contributed by atoms with Crippen LogP contribution in [0.3, 0.4) is 0 Å². The Hall–Kier alpha value is -1.66. The Morgan fingerprint density at radius 3 is 2.50 bits per heavy atom. The molecule has 1 N–H and O–H groups in total. The van der Waals surface area contributed by atoms with E-state index < -0.39 is 15.8 Å². The van der Waals surface area contributed by atoms with Gasteiger partial charge in [-0.3, -0.25) is 4.79 Å². The number of unbranched alkanes of at least 4 members (excludes halogenated alkanes) is 1. The fourth-order valence-electron chi connectivity index (χ4n) is 4.90. The Bertz CT molecular complexity index is 802. The van der Waals surface area contributed by atoms with E-state index in [-0.39, 0.29) is 30.1 Å². The molecular formula is C24H34O5S. The first kappa shape index (κ1) is 23.0. The Balaban J connectivity index is 1.43. The molecule has 1 aromatic carbocycles. The first-order valence-corrected chi connectivity index (χ1v) is 13.0. The highest BCUT2D eigenvalue weighted by atomic mass is 32.2. The fraction of sp³-hybridized carbons (Fsp3) is 0.625. The van der Waals surface area contributed by atoms with E-state index in [9.17, 15) is 13.2 Å². The van der Waals surface area contributed by atoms with Crippen LogP contribution in [0.5, 0.6) is 0 Å². The Kier molecular flexibility index (Phi) is 8.51. The van der Waals surface area contributed by atoms with Crippen molar-refractivity contribution in [3.8, 4) is 0 Å². The molecule has 0 spiro atoms. The zero-order valence-electron chi connectivity index (χ0n) is 17.6. The van der Waals surface area contributed by atoms with Crippen LogP contribution in [0, 0.1) is 11.8 Å². The molecule has 5 nitrogen and oxygen atoms in total. The number of carbonyl (C=O) groups is 1. The van der Waals surface area contributed by atoms with Crippen LogP contribution in [0.4, 0.5) is 0 Å². The summed E-state index contributed by atoms with van der Waals surface area (Å²) in [6.45, 7) is 0. The standard InChI is InChI=1S/C24H34O5S/c25-24(26)13-7-2-1-6-12-20-21(23-15-14-22(20)29-23)16-18-30(27,28)17-8-11-19-9-4-3-5-10-19/h1,3-6,9-10,20-23H,2,7-8,11-18H2,(H,25,26)/b6-1-/t20-,21+,22-,23+/m1/s1. The van der Waals surface area contributed by atoms with Gasteiger partial charge in [0.1, 0.15) is 9.84 Å². The van der Waals surface area contributed by atoms with E-state index in [1.54, 1.807) is 0 Å². The molecule has 1 aromatic rings. The monoisotopic (exact) mass is 434 g/mol. The third-order valence-corrected chi connectivity index (χ3v) is 8.22. The highest BCUT2D eigenvalue weighted by molar-refractivity contribution is 7.91. The minimum atomic E-state index is -3.05. The van der Waals surface area contributed by atoms with Gasteiger partial charge in [-0.25, -0.2) is 8.42 Å². The van der Waals surface area contributed by atoms with Crippen molar-refractivity contribution in [2.45, 2.75) is 70.0 Å². The maximum absolute atomic E-state index is 12.6. The lowest BCUT2D eigenvalue weighted by Crippen LogP contribution is -2.29. The summed E-state index contributed by atoms with van der Waals surface area (Å²) >= 11 is 0. The summed E-state index contributed by atoms with van der Waals surface area (Å²) in [7, 11) is -3.05. The number of benzene rings is 1. The molecule has 3 rings (SSSR count). The molecule has 0 radical (unpaired) electrons. The average molecular weight is 435 g/mol. The van der Waals surface area contributed by atoms with Crippen LogP contribution < -0.4 is 0 Å². The molecule has 6 heteroatoms. The molecule has 2 bridgehead atoms. The molecule has 2 aliphatic rings. The summed E-state index contributed by atoms with van der Waals surface area (Å²) in [4.78, 5) is 10.6. The average Bonchev–Trinajstić information content (AvgIpc) is 3.31. The lowest BCUT2D eigenvalue weighted by Gasteiger charge is -2.27. The molecule has 0 saturated carbocycles. The molecule has 2 saturated heterocycles. The van der Waals surface area contributed by atoms with Crippen molar-refractivity contribution in [1.82, 2.24) is 0 Å². The van der Waals surface area contributed by atoms with E-state index in [4.69, 9.17) is 9.84 Å². The van der Waals surface area contributed by atoms with E-state index in [2.05, 4.69) is 12.2 Å². The number of allylic oxidation sites excluding steroid dienone is 2. The molecule has 0 amide bonds. The Morgan fingerprint density at radius 1 is 1.03 bits per heavy atom. The van der Waals surface area contributed by atoms with Gasteiger partial charge in [0.15, 0.2) is 0 Å². The number of aliphatic carboxylic acids is 1. The van der Waals surface area contributed by atoms with Gasteiger partial charge in [-0.05, 0) is 68.8 Å². The molecule has 0 aromatic heterocycles. The summed E-state index contributed by atoms with van der Waals surface area (Å²) in [5.74, 6) is 0.445. The number of fused-ring (bicyclic) bond motifs is 2. The number of ether oxygens (including phenoxy) is 1. The highest BCUT2D eigenvalue weighted by Crippen LogP contribution is 2.46. The zero-order valence-corrected chi connectivity index (χ0v) is 18.4. The topological polar surface area (TPSA) is 80.7 Å². The number of rotatable bonds is 13. The van der Waals surface area contributed by atoms with Crippen molar-refractivity contribution in [2.75, 3.05) is 11.5 Å². The van der Waals surface area contributed by atoms with Gasteiger partial charge >= 0.3 is 5.97 Å². The third kappa shape index (κ3) is 6.95. The van der Waals surface area contributed by atoms with Crippen LogP contribution in [-0.4, -0.2) is 43.2 Å². The second kappa shape index (κ2) is 11.1. The third-order valence-electron chi connectivity index (χ3n) is 6.45. The van der Waals surface area contributed by atoms with Gasteiger partial charge in [0.2, 0.25) is 0 Å². The maximum Gasteiger partial charge on any atom is 0.303 e. The van der Waals surface area contributed by atoms with Gasteiger partial charge in [0.05, 0.1) is 23.7 Å². The summed E-state index contributed by atoms with van der Waals surface area (Å²) in [6.07, 6.45) is 11.5. The minimum Gasteiger partial charge on any atom is -0.481 e. The van der Waals surface area contributed by atoms with Crippen molar-refractivity contribution in [3.05, 3.63) is 48.0 Å². The van der Waals surface area contributed by atoms with Crippen LogP contribution in [0.2, 0.25) is 0 Å². The smallest absolute Gasteiger partial charge is 0.303 e. The number of hydrogen-bond donors (Lipinski definition) is 1. The van der Waals surface area contributed by atoms with Crippen molar-refractivity contribution < 1.29 is 23.1 Å². The van der Waals surface area contributed by atoms with Crippen LogP contribution in [0.1, 0.15) is 56.9 Å². The zero-order chi connectivity index (χ0) is 21.4. The van der Waals surface area contributed by atoms with Gasteiger partial charge in [-0.1, -0.05) is 42.5 Å². The number of hydrogen-bond acceptors (Lipinski definition) is 4. The molecule has 0 aliphatic carbocycles. The molecule has 166 valence electrons. The normalized spacial score (nSPS) is 25.9. The Labute approximate surface area is 180 Å². The minimum absolute atomic E-state index is 0.201. The van der Waals surface area contributed by atoms with Crippen LogP contribution in [-0.2, 0) is 25.8 Å². The molecule has 2 heterocycles. The summed E-state index contributed by atoms with van der Waals surface area (Å²) in [5.41, 5.74) is 1.18. The van der Waals surface area contributed by atoms with E-state index in [1.807, 2.05) is 30.3 Å². The van der Waals surface area contributed by atoms with Crippen molar-refractivity contribution in [3.63, 3.8) is 0 Å². The first-order chi connectivity index (χ1) is 14.4. The van der Waals surface area contributed by atoms with E-state index in [1.165, 1.54) is 5.56 Å². The summed E-state index contributed by atoms with van der Waals surface area (Å²) in [5, 5.41) is 8.70. The van der Waals surface area contributed by atoms with E-state index in [0.29, 0.717) is 31.1 Å². The van der Waals surface area contributed by atoms with E-state index >= 15 is 0 Å². The lowest BCUT2D eigenvalue weighted by molar-refractivity contribution is -0.137. The van der Waals surface area contributed by atoms with Crippen molar-refractivity contribution in [1.29, 1.82) is 0 Å².